The molecule has 0 bridgehead atoms. The largest absolute Gasteiger partial charge is 0.462 e. The summed E-state index contributed by atoms with van der Waals surface area (Å²) in [5.41, 5.74) is 0. The molecule has 1 unspecified atom stereocenters. The first-order valence-corrected chi connectivity index (χ1v) is 5.97. The minimum Gasteiger partial charge on any atom is -0.462 e. The molecule has 0 aromatic carbocycles. The SMILES string of the molecule is CC(=O)OCC(/C=C/C(=O)N(C)CCC#N)OC(C)=O. The summed E-state index contributed by atoms with van der Waals surface area (Å²) in [7, 11) is 1.55. The van der Waals surface area contributed by atoms with Gasteiger partial charge < -0.3 is 14.4 Å². The fourth-order valence-corrected chi connectivity index (χ4v) is 1.19. The summed E-state index contributed by atoms with van der Waals surface area (Å²) in [4.78, 5) is 34.6. The molecule has 0 N–H and O–H groups in total. The molecule has 7 heteroatoms. The molecule has 0 aromatic heterocycles. The van der Waals surface area contributed by atoms with E-state index in [-0.39, 0.29) is 18.9 Å². The molecule has 1 atom stereocenters. The average molecular weight is 282 g/mol. The first-order chi connectivity index (χ1) is 9.36. The molecule has 0 aromatic rings. The molecule has 110 valence electrons. The monoisotopic (exact) mass is 282 g/mol. The van der Waals surface area contributed by atoms with E-state index in [0.717, 1.165) is 0 Å². The van der Waals surface area contributed by atoms with Crippen LogP contribution in [-0.4, -0.2) is 49.0 Å². The second-order valence-electron chi connectivity index (χ2n) is 3.98. The Hall–Kier alpha value is -2.36. The van der Waals surface area contributed by atoms with Crippen molar-refractivity contribution in [3.05, 3.63) is 12.2 Å². The van der Waals surface area contributed by atoms with Gasteiger partial charge in [-0.2, -0.15) is 5.26 Å². The van der Waals surface area contributed by atoms with Crippen molar-refractivity contribution in [1.29, 1.82) is 5.26 Å². The van der Waals surface area contributed by atoms with Crippen molar-refractivity contribution in [3.8, 4) is 6.07 Å². The van der Waals surface area contributed by atoms with Crippen LogP contribution in [0.5, 0.6) is 0 Å². The van der Waals surface area contributed by atoms with Crippen LogP contribution in [0.25, 0.3) is 0 Å². The predicted molar refractivity (Wildman–Crippen MR) is 69.2 cm³/mol. The number of carbonyl (C=O) groups is 3. The van der Waals surface area contributed by atoms with E-state index < -0.39 is 18.0 Å². The number of hydrogen-bond donors (Lipinski definition) is 0. The molecule has 0 aliphatic carbocycles. The van der Waals surface area contributed by atoms with Gasteiger partial charge in [-0.1, -0.05) is 0 Å². The van der Waals surface area contributed by atoms with Gasteiger partial charge in [0, 0.05) is 33.5 Å². The van der Waals surface area contributed by atoms with Crippen LogP contribution < -0.4 is 0 Å². The summed E-state index contributed by atoms with van der Waals surface area (Å²) in [6.07, 6.45) is 1.98. The molecule has 0 aliphatic rings. The molecule has 1 amide bonds. The van der Waals surface area contributed by atoms with Crippen molar-refractivity contribution in [1.82, 2.24) is 4.90 Å². The van der Waals surface area contributed by atoms with Gasteiger partial charge in [-0.3, -0.25) is 14.4 Å². The Bertz CT molecular complexity index is 425. The lowest BCUT2D eigenvalue weighted by atomic mass is 10.3. The summed E-state index contributed by atoms with van der Waals surface area (Å²) in [6.45, 7) is 2.60. The van der Waals surface area contributed by atoms with E-state index in [0.29, 0.717) is 6.54 Å². The average Bonchev–Trinajstić information content (AvgIpc) is 2.37. The molecule has 20 heavy (non-hydrogen) atoms. The van der Waals surface area contributed by atoms with Gasteiger partial charge in [0.2, 0.25) is 5.91 Å². The smallest absolute Gasteiger partial charge is 0.303 e. The molecule has 0 rings (SSSR count). The van der Waals surface area contributed by atoms with Gasteiger partial charge in [0.25, 0.3) is 0 Å². The number of esters is 2. The second-order valence-corrected chi connectivity index (χ2v) is 3.98. The molecule has 0 heterocycles. The van der Waals surface area contributed by atoms with Crippen molar-refractivity contribution in [3.63, 3.8) is 0 Å². The summed E-state index contributed by atoms with van der Waals surface area (Å²) in [5.74, 6) is -1.38. The van der Waals surface area contributed by atoms with Crippen molar-refractivity contribution >= 4 is 17.8 Å². The Morgan fingerprint density at radius 2 is 1.95 bits per heavy atom. The maximum Gasteiger partial charge on any atom is 0.303 e. The van der Waals surface area contributed by atoms with Crippen LogP contribution in [0.3, 0.4) is 0 Å². The number of hydrogen-bond acceptors (Lipinski definition) is 6. The maximum absolute atomic E-state index is 11.7. The molecule has 0 fully saturated rings. The Balaban J connectivity index is 4.49. The quantitative estimate of drug-likeness (QED) is 0.495. The van der Waals surface area contributed by atoms with E-state index in [1.165, 1.54) is 30.9 Å². The van der Waals surface area contributed by atoms with Crippen molar-refractivity contribution in [2.75, 3.05) is 20.2 Å². The van der Waals surface area contributed by atoms with Crippen LogP contribution >= 0.6 is 0 Å². The van der Waals surface area contributed by atoms with Crippen molar-refractivity contribution < 1.29 is 23.9 Å². The third-order valence-corrected chi connectivity index (χ3v) is 2.16. The van der Waals surface area contributed by atoms with E-state index in [9.17, 15) is 14.4 Å². The first-order valence-electron chi connectivity index (χ1n) is 5.97. The molecule has 0 radical (unpaired) electrons. The minimum atomic E-state index is -0.815. The summed E-state index contributed by atoms with van der Waals surface area (Å²) in [6, 6.07) is 1.93. The Labute approximate surface area is 117 Å². The number of carbonyl (C=O) groups excluding carboxylic acids is 3. The fraction of sp³-hybridized carbons (Fsp3) is 0.538. The Morgan fingerprint density at radius 1 is 1.30 bits per heavy atom. The fourth-order valence-electron chi connectivity index (χ4n) is 1.19. The number of nitrogens with zero attached hydrogens (tertiary/aromatic N) is 2. The molecule has 7 nitrogen and oxygen atoms in total. The molecular weight excluding hydrogens is 264 g/mol. The molecular formula is C13H18N2O5. The van der Waals surface area contributed by atoms with Gasteiger partial charge in [0.05, 0.1) is 12.5 Å². The Kier molecular flexibility index (Phi) is 8.43. The lowest BCUT2D eigenvalue weighted by Gasteiger charge is -2.15. The van der Waals surface area contributed by atoms with Gasteiger partial charge in [0.1, 0.15) is 6.61 Å². The van der Waals surface area contributed by atoms with E-state index in [4.69, 9.17) is 14.7 Å². The van der Waals surface area contributed by atoms with Crippen LogP contribution in [0.2, 0.25) is 0 Å². The van der Waals surface area contributed by atoms with Gasteiger partial charge in [-0.05, 0) is 6.08 Å². The van der Waals surface area contributed by atoms with Crippen LogP contribution in [0.4, 0.5) is 0 Å². The topological polar surface area (TPSA) is 96.7 Å². The number of nitriles is 1. The third-order valence-electron chi connectivity index (χ3n) is 2.16. The normalized spacial score (nSPS) is 11.5. The van der Waals surface area contributed by atoms with Crippen molar-refractivity contribution in [2.24, 2.45) is 0 Å². The highest BCUT2D eigenvalue weighted by atomic mass is 16.6. The van der Waals surface area contributed by atoms with Gasteiger partial charge >= 0.3 is 11.9 Å². The summed E-state index contributed by atoms with van der Waals surface area (Å²) < 4.78 is 9.61. The molecule has 0 saturated carbocycles. The Morgan fingerprint density at radius 3 is 2.45 bits per heavy atom. The zero-order chi connectivity index (χ0) is 15.5. The van der Waals surface area contributed by atoms with Gasteiger partial charge in [-0.25, -0.2) is 0 Å². The minimum absolute atomic E-state index is 0.152. The van der Waals surface area contributed by atoms with Crippen LogP contribution in [0, 0.1) is 11.3 Å². The highest BCUT2D eigenvalue weighted by molar-refractivity contribution is 5.87. The number of ether oxygens (including phenoxy) is 2. The number of likely N-dealkylation sites (N-methyl/N-ethyl adjacent to an activating group) is 1. The standard InChI is InChI=1S/C13H18N2O5/c1-10(16)19-9-12(20-11(2)17)5-6-13(18)15(3)8-4-7-14/h5-6,12H,4,8-9H2,1-3H3/b6-5+. The zero-order valence-electron chi connectivity index (χ0n) is 11.8. The predicted octanol–water partition coefficient (Wildman–Crippen LogP) is 0.409. The lowest BCUT2D eigenvalue weighted by molar-refractivity contribution is -0.153. The third kappa shape index (κ3) is 8.69. The van der Waals surface area contributed by atoms with Gasteiger partial charge in [-0.15, -0.1) is 0 Å². The van der Waals surface area contributed by atoms with Crippen LogP contribution in [0.1, 0.15) is 20.3 Å². The summed E-state index contributed by atoms with van der Waals surface area (Å²) >= 11 is 0. The van der Waals surface area contributed by atoms with Crippen molar-refractivity contribution in [2.45, 2.75) is 26.4 Å². The lowest BCUT2D eigenvalue weighted by Crippen LogP contribution is -2.27. The van der Waals surface area contributed by atoms with E-state index in [1.54, 1.807) is 7.05 Å². The van der Waals surface area contributed by atoms with E-state index in [2.05, 4.69) is 0 Å². The highest BCUT2D eigenvalue weighted by Crippen LogP contribution is 1.99. The number of rotatable bonds is 7. The van der Waals surface area contributed by atoms with E-state index in [1.807, 2.05) is 6.07 Å². The van der Waals surface area contributed by atoms with Crippen LogP contribution in [0.15, 0.2) is 12.2 Å². The maximum atomic E-state index is 11.7. The van der Waals surface area contributed by atoms with Crippen LogP contribution in [-0.2, 0) is 23.9 Å². The highest BCUT2D eigenvalue weighted by Gasteiger charge is 2.12. The zero-order valence-corrected chi connectivity index (χ0v) is 11.8. The first kappa shape index (κ1) is 17.6. The van der Waals surface area contributed by atoms with E-state index >= 15 is 0 Å². The molecule has 0 aliphatic heterocycles. The number of amides is 1. The molecule has 0 spiro atoms. The van der Waals surface area contributed by atoms with Gasteiger partial charge in [0.15, 0.2) is 6.10 Å². The second kappa shape index (κ2) is 9.55. The summed E-state index contributed by atoms with van der Waals surface area (Å²) in [5, 5.41) is 8.42. The molecule has 0 saturated heterocycles.